The van der Waals surface area contributed by atoms with Crippen molar-refractivity contribution in [1.29, 1.82) is 0 Å². The van der Waals surface area contributed by atoms with Gasteiger partial charge in [0.15, 0.2) is 5.82 Å². The zero-order chi connectivity index (χ0) is 23.9. The molecule has 0 saturated carbocycles. The number of piperidine rings is 1. The Morgan fingerprint density at radius 1 is 1.06 bits per heavy atom. The van der Waals surface area contributed by atoms with Crippen molar-refractivity contribution in [2.45, 2.75) is 18.5 Å². The molecule has 3 fully saturated rings. The van der Waals surface area contributed by atoms with Crippen LogP contribution in [0, 0.1) is 11.8 Å². The Morgan fingerprint density at radius 3 is 2.66 bits per heavy atom. The summed E-state index contributed by atoms with van der Waals surface area (Å²) in [5.41, 5.74) is 11.1. The molecule has 0 radical (unpaired) electrons. The number of aromatic nitrogens is 5. The number of nitrogen functional groups attached to an aromatic ring is 1. The molecule has 3 aliphatic rings. The third-order valence-electron chi connectivity index (χ3n) is 6.60. The molecule has 6 heterocycles. The van der Waals surface area contributed by atoms with Gasteiger partial charge in [-0.2, -0.15) is 5.10 Å². The van der Waals surface area contributed by atoms with Gasteiger partial charge in [0.25, 0.3) is 0 Å². The molecule has 3 saturated heterocycles. The van der Waals surface area contributed by atoms with Gasteiger partial charge in [-0.15, -0.1) is 10.2 Å². The van der Waals surface area contributed by atoms with E-state index in [0.29, 0.717) is 29.2 Å². The number of benzene rings is 1. The Hall–Kier alpha value is -4.58. The molecular formula is C26H24N8O. The molecular weight excluding hydrogens is 440 g/mol. The number of phenols is 1. The molecule has 0 aliphatic carbocycles. The van der Waals surface area contributed by atoms with Crippen molar-refractivity contribution in [2.75, 3.05) is 28.6 Å². The first-order valence-electron chi connectivity index (χ1n) is 11.5. The topological polar surface area (TPSA) is 109 Å². The number of phenolic OH excluding ortho intramolecular Hbond substituents is 1. The second-order valence-electron chi connectivity index (χ2n) is 8.92. The maximum atomic E-state index is 10.2. The molecule has 1 aromatic carbocycles. The average Bonchev–Trinajstić information content (AvgIpc) is 3.29. The van der Waals surface area contributed by atoms with E-state index in [1.165, 1.54) is 0 Å². The van der Waals surface area contributed by atoms with Crippen LogP contribution in [-0.2, 0) is 7.05 Å². The second kappa shape index (κ2) is 8.33. The number of fused-ring (bicyclic) bond motifs is 2. The molecule has 35 heavy (non-hydrogen) atoms. The van der Waals surface area contributed by atoms with Crippen LogP contribution in [0.15, 0.2) is 61.1 Å². The molecule has 174 valence electrons. The number of aryl methyl sites for hydroxylation is 1. The van der Waals surface area contributed by atoms with E-state index in [9.17, 15) is 5.11 Å². The number of pyridine rings is 1. The van der Waals surface area contributed by atoms with E-state index in [1.807, 2.05) is 43.7 Å². The van der Waals surface area contributed by atoms with Crippen LogP contribution in [0.2, 0.25) is 0 Å². The number of nitrogens with two attached hydrogens (primary N) is 1. The third-order valence-corrected chi connectivity index (χ3v) is 6.60. The van der Waals surface area contributed by atoms with Gasteiger partial charge in [-0.05, 0) is 42.7 Å². The maximum Gasteiger partial charge on any atom is 0.169 e. The Kier molecular flexibility index (Phi) is 4.99. The Labute approximate surface area is 202 Å². The molecule has 0 spiro atoms. The number of aromatic hydroxyl groups is 1. The molecule has 3 aliphatic heterocycles. The highest BCUT2D eigenvalue weighted by molar-refractivity contribution is 5.74. The average molecular weight is 465 g/mol. The van der Waals surface area contributed by atoms with Crippen LogP contribution in [0.5, 0.6) is 5.75 Å². The normalized spacial score (nSPS) is 18.5. The predicted molar refractivity (Wildman–Crippen MR) is 134 cm³/mol. The lowest BCUT2D eigenvalue weighted by atomic mass is 9.86. The van der Waals surface area contributed by atoms with Gasteiger partial charge in [-0.25, -0.2) is 4.98 Å². The van der Waals surface area contributed by atoms with Gasteiger partial charge < -0.3 is 20.6 Å². The molecule has 2 atom stereocenters. The minimum Gasteiger partial charge on any atom is -0.507 e. The highest BCUT2D eigenvalue weighted by Gasteiger charge is 2.45. The number of para-hydroxylation sites is 1. The fourth-order valence-corrected chi connectivity index (χ4v) is 4.96. The summed E-state index contributed by atoms with van der Waals surface area (Å²) in [7, 11) is 1.87. The lowest BCUT2D eigenvalue weighted by Crippen LogP contribution is -2.69. The van der Waals surface area contributed by atoms with Gasteiger partial charge in [-0.3, -0.25) is 4.68 Å². The number of anilines is 3. The minimum absolute atomic E-state index is 0.172. The number of nitrogens with zero attached hydrogens (tertiary/aromatic N) is 7. The van der Waals surface area contributed by atoms with Gasteiger partial charge in [-0.1, -0.05) is 18.1 Å². The monoisotopic (exact) mass is 464 g/mol. The standard InChI is InChI=1S/C26H24N8O/c1-32-14-17(13-29-32)6-7-18-10-19(8-9-28-18)34-20-11-21(34)16-33(15-20)24-12-23(30-31-26(24)27)22-4-2-3-5-25(22)35/h2-5,8-10,12-14,20-21,35H,11,15-16H2,1H3,(H2,27,31). The lowest BCUT2D eigenvalue weighted by Gasteiger charge is -2.58. The number of hydrogen-bond donors (Lipinski definition) is 2. The predicted octanol–water partition coefficient (Wildman–Crippen LogP) is 2.43. The third kappa shape index (κ3) is 3.89. The summed E-state index contributed by atoms with van der Waals surface area (Å²) in [6.45, 7) is 1.65. The first-order chi connectivity index (χ1) is 17.0. The molecule has 2 bridgehead atoms. The summed E-state index contributed by atoms with van der Waals surface area (Å²) in [6.07, 6.45) is 6.57. The summed E-state index contributed by atoms with van der Waals surface area (Å²) < 4.78 is 1.73. The summed E-state index contributed by atoms with van der Waals surface area (Å²) in [4.78, 5) is 9.14. The van der Waals surface area contributed by atoms with Crippen LogP contribution in [0.3, 0.4) is 0 Å². The van der Waals surface area contributed by atoms with Gasteiger partial charge >= 0.3 is 0 Å². The van der Waals surface area contributed by atoms with E-state index in [0.717, 1.165) is 42.1 Å². The zero-order valence-corrected chi connectivity index (χ0v) is 19.2. The number of rotatable bonds is 3. The molecule has 3 aromatic heterocycles. The highest BCUT2D eigenvalue weighted by atomic mass is 16.3. The van der Waals surface area contributed by atoms with Crippen molar-refractivity contribution in [3.8, 4) is 28.8 Å². The number of hydrogen-bond acceptors (Lipinski definition) is 8. The number of piperazine rings is 1. The van der Waals surface area contributed by atoms with Crippen LogP contribution in [0.1, 0.15) is 17.7 Å². The molecule has 9 heteroatoms. The van der Waals surface area contributed by atoms with E-state index < -0.39 is 0 Å². The van der Waals surface area contributed by atoms with Crippen molar-refractivity contribution >= 4 is 17.2 Å². The van der Waals surface area contributed by atoms with Crippen molar-refractivity contribution in [2.24, 2.45) is 7.05 Å². The molecule has 9 nitrogen and oxygen atoms in total. The smallest absolute Gasteiger partial charge is 0.169 e. The fourth-order valence-electron chi connectivity index (χ4n) is 4.96. The van der Waals surface area contributed by atoms with Crippen molar-refractivity contribution in [3.63, 3.8) is 0 Å². The van der Waals surface area contributed by atoms with E-state index in [1.54, 1.807) is 23.0 Å². The Bertz CT molecular complexity index is 1460. The quantitative estimate of drug-likeness (QED) is 0.445. The molecule has 7 rings (SSSR count). The van der Waals surface area contributed by atoms with Crippen molar-refractivity contribution in [3.05, 3.63) is 72.3 Å². The summed E-state index contributed by atoms with van der Waals surface area (Å²) in [5.74, 6) is 6.84. The Morgan fingerprint density at radius 2 is 1.89 bits per heavy atom. The summed E-state index contributed by atoms with van der Waals surface area (Å²) >= 11 is 0. The summed E-state index contributed by atoms with van der Waals surface area (Å²) in [5, 5.41) is 22.8. The summed E-state index contributed by atoms with van der Waals surface area (Å²) in [6, 6.07) is 13.9. The molecule has 4 aromatic rings. The first-order valence-corrected chi connectivity index (χ1v) is 11.5. The molecule has 0 amide bonds. The van der Waals surface area contributed by atoms with Crippen LogP contribution in [0.4, 0.5) is 17.2 Å². The second-order valence-corrected chi connectivity index (χ2v) is 8.92. The largest absolute Gasteiger partial charge is 0.507 e. The zero-order valence-electron chi connectivity index (χ0n) is 19.2. The van der Waals surface area contributed by atoms with E-state index in [-0.39, 0.29) is 5.75 Å². The van der Waals surface area contributed by atoms with E-state index in [4.69, 9.17) is 5.73 Å². The van der Waals surface area contributed by atoms with Crippen LogP contribution in [-0.4, -0.2) is 55.2 Å². The maximum absolute atomic E-state index is 10.2. The van der Waals surface area contributed by atoms with Crippen LogP contribution in [0.25, 0.3) is 11.3 Å². The Balaban J connectivity index is 1.21. The van der Waals surface area contributed by atoms with Crippen LogP contribution >= 0.6 is 0 Å². The fraction of sp³-hybridized carbons (Fsp3) is 0.231. The molecule has 2 unspecified atom stereocenters. The SMILES string of the molecule is Cn1cc(C#Cc2cc(N3C4CC3CN(c3cc(-c5ccccc5O)nnc3N)C4)ccn2)cn1. The van der Waals surface area contributed by atoms with Gasteiger partial charge in [0.1, 0.15) is 11.4 Å². The van der Waals surface area contributed by atoms with Gasteiger partial charge in [0.05, 0.1) is 23.1 Å². The molecule has 3 N–H and O–H groups in total. The van der Waals surface area contributed by atoms with Crippen LogP contribution < -0.4 is 15.5 Å². The van der Waals surface area contributed by atoms with Gasteiger partial charge in [0, 0.05) is 55.9 Å². The van der Waals surface area contributed by atoms with E-state index >= 15 is 0 Å². The highest BCUT2D eigenvalue weighted by Crippen LogP contribution is 2.40. The van der Waals surface area contributed by atoms with Crippen molar-refractivity contribution in [1.82, 2.24) is 25.0 Å². The van der Waals surface area contributed by atoms with Gasteiger partial charge in [0.2, 0.25) is 0 Å². The first kappa shape index (κ1) is 21.0. The minimum atomic E-state index is 0.172. The van der Waals surface area contributed by atoms with E-state index in [2.05, 4.69) is 48.0 Å². The lowest BCUT2D eigenvalue weighted by molar-refractivity contribution is 0.291. The van der Waals surface area contributed by atoms with Crippen molar-refractivity contribution < 1.29 is 5.11 Å².